The Morgan fingerprint density at radius 1 is 1.12 bits per heavy atom. The predicted octanol–water partition coefficient (Wildman–Crippen LogP) is 2.84. The van der Waals surface area contributed by atoms with Gasteiger partial charge in [0.05, 0.1) is 6.10 Å². The van der Waals surface area contributed by atoms with Gasteiger partial charge in [-0.05, 0) is 50.0 Å². The summed E-state index contributed by atoms with van der Waals surface area (Å²) in [5, 5.41) is 10.1. The first-order valence-electron chi connectivity index (χ1n) is 6.39. The van der Waals surface area contributed by atoms with Gasteiger partial charge in [0.2, 0.25) is 0 Å². The van der Waals surface area contributed by atoms with Crippen LogP contribution in [-0.4, -0.2) is 35.7 Å². The zero-order valence-electron chi connectivity index (χ0n) is 10.1. The van der Waals surface area contributed by atoms with Crippen molar-refractivity contribution in [1.82, 2.24) is 4.90 Å². The highest BCUT2D eigenvalue weighted by Gasteiger charge is 2.14. The monoisotopic (exact) mass is 297 g/mol. The summed E-state index contributed by atoms with van der Waals surface area (Å²) >= 11 is 3.42. The maximum absolute atomic E-state index is 10.1. The van der Waals surface area contributed by atoms with E-state index in [1.165, 1.54) is 24.8 Å². The minimum absolute atomic E-state index is 0.241. The number of nitrogens with zero attached hydrogens (tertiary/aromatic N) is 1. The van der Waals surface area contributed by atoms with Gasteiger partial charge in [0.1, 0.15) is 0 Å². The molecule has 0 amide bonds. The fraction of sp³-hybridized carbons (Fsp3) is 0.571. The van der Waals surface area contributed by atoms with Crippen LogP contribution >= 0.6 is 15.9 Å². The second kappa shape index (κ2) is 6.53. The Balaban J connectivity index is 1.79. The average Bonchev–Trinajstić information content (AvgIpc) is 2.33. The first-order valence-corrected chi connectivity index (χ1v) is 7.18. The molecule has 0 spiro atoms. The molecule has 1 heterocycles. The molecule has 1 aromatic carbocycles. The number of hydrogen-bond acceptors (Lipinski definition) is 2. The molecule has 0 saturated carbocycles. The summed E-state index contributed by atoms with van der Waals surface area (Å²) in [4.78, 5) is 2.38. The van der Waals surface area contributed by atoms with Crippen LogP contribution in [0.3, 0.4) is 0 Å². The number of benzene rings is 1. The van der Waals surface area contributed by atoms with Gasteiger partial charge in [-0.3, -0.25) is 0 Å². The lowest BCUT2D eigenvalue weighted by Gasteiger charge is -2.28. The van der Waals surface area contributed by atoms with Crippen molar-refractivity contribution in [2.75, 3.05) is 19.6 Å². The van der Waals surface area contributed by atoms with Crippen LogP contribution in [0.4, 0.5) is 0 Å². The Morgan fingerprint density at radius 3 is 2.41 bits per heavy atom. The van der Waals surface area contributed by atoms with Crippen LogP contribution in [-0.2, 0) is 6.42 Å². The molecule has 0 radical (unpaired) electrons. The molecular weight excluding hydrogens is 278 g/mol. The summed E-state index contributed by atoms with van der Waals surface area (Å²) in [7, 11) is 0. The van der Waals surface area contributed by atoms with E-state index in [1.54, 1.807) is 0 Å². The molecule has 1 fully saturated rings. The van der Waals surface area contributed by atoms with E-state index in [4.69, 9.17) is 0 Å². The molecule has 2 rings (SSSR count). The summed E-state index contributed by atoms with van der Waals surface area (Å²) in [5.74, 6) is 0. The van der Waals surface area contributed by atoms with Crippen molar-refractivity contribution in [1.29, 1.82) is 0 Å². The van der Waals surface area contributed by atoms with Gasteiger partial charge >= 0.3 is 0 Å². The Hall–Kier alpha value is -0.380. The van der Waals surface area contributed by atoms with E-state index in [-0.39, 0.29) is 6.10 Å². The van der Waals surface area contributed by atoms with Crippen LogP contribution in [0.15, 0.2) is 28.7 Å². The first kappa shape index (κ1) is 13.1. The van der Waals surface area contributed by atoms with Crippen LogP contribution in [0.1, 0.15) is 24.8 Å². The number of aliphatic hydroxyl groups excluding tert-OH is 1. The summed E-state index contributed by atoms with van der Waals surface area (Å²) in [5.41, 5.74) is 1.21. The van der Waals surface area contributed by atoms with Crippen LogP contribution in [0.25, 0.3) is 0 Å². The van der Waals surface area contributed by atoms with Gasteiger partial charge in [-0.2, -0.15) is 0 Å². The lowest BCUT2D eigenvalue weighted by Crippen LogP contribution is -2.37. The molecule has 0 aromatic heterocycles. The fourth-order valence-electron chi connectivity index (χ4n) is 2.40. The fourth-order valence-corrected chi connectivity index (χ4v) is 2.66. The summed E-state index contributed by atoms with van der Waals surface area (Å²) in [6.07, 6.45) is 4.42. The zero-order chi connectivity index (χ0) is 12.1. The number of piperidine rings is 1. The van der Waals surface area contributed by atoms with E-state index in [2.05, 4.69) is 33.0 Å². The third-order valence-corrected chi connectivity index (χ3v) is 3.83. The van der Waals surface area contributed by atoms with Crippen molar-refractivity contribution >= 4 is 15.9 Å². The summed E-state index contributed by atoms with van der Waals surface area (Å²) in [6.45, 7) is 3.12. The van der Waals surface area contributed by atoms with E-state index in [0.29, 0.717) is 0 Å². The molecule has 17 heavy (non-hydrogen) atoms. The maximum atomic E-state index is 10.1. The lowest BCUT2D eigenvalue weighted by atomic mass is 10.1. The molecule has 0 bridgehead atoms. The summed E-state index contributed by atoms with van der Waals surface area (Å²) in [6, 6.07) is 8.21. The molecule has 1 aliphatic heterocycles. The van der Waals surface area contributed by atoms with Crippen molar-refractivity contribution in [2.24, 2.45) is 0 Å². The number of likely N-dealkylation sites (tertiary alicyclic amines) is 1. The molecular formula is C14H20BrNO. The Bertz CT molecular complexity index is 333. The molecule has 0 aliphatic carbocycles. The number of β-amino-alcohol motifs (C(OH)–C–C–N with tert-alkyl or cyclic N) is 1. The first-order chi connectivity index (χ1) is 8.24. The molecule has 1 aliphatic rings. The van der Waals surface area contributed by atoms with Crippen molar-refractivity contribution in [3.05, 3.63) is 34.3 Å². The molecule has 1 saturated heterocycles. The third kappa shape index (κ3) is 4.41. The van der Waals surface area contributed by atoms with Crippen LogP contribution < -0.4 is 0 Å². The van der Waals surface area contributed by atoms with Gasteiger partial charge in [-0.15, -0.1) is 0 Å². The van der Waals surface area contributed by atoms with Gasteiger partial charge < -0.3 is 10.0 Å². The molecule has 1 aromatic rings. The predicted molar refractivity (Wildman–Crippen MR) is 74.1 cm³/mol. The highest BCUT2D eigenvalue weighted by molar-refractivity contribution is 9.10. The molecule has 1 unspecified atom stereocenters. The second-order valence-corrected chi connectivity index (χ2v) is 5.76. The Labute approximate surface area is 112 Å². The second-order valence-electron chi connectivity index (χ2n) is 4.85. The number of hydrogen-bond donors (Lipinski definition) is 1. The minimum Gasteiger partial charge on any atom is -0.391 e. The van der Waals surface area contributed by atoms with Crippen LogP contribution in [0.5, 0.6) is 0 Å². The molecule has 2 nitrogen and oxygen atoms in total. The van der Waals surface area contributed by atoms with Crippen molar-refractivity contribution in [2.45, 2.75) is 31.8 Å². The number of halogens is 1. The molecule has 3 heteroatoms. The molecule has 1 N–H and O–H groups in total. The maximum Gasteiger partial charge on any atom is 0.0707 e. The van der Waals surface area contributed by atoms with E-state index >= 15 is 0 Å². The molecule has 94 valence electrons. The SMILES string of the molecule is OC(Cc1ccc(Br)cc1)CN1CCCCC1. The number of rotatable bonds is 4. The van der Waals surface area contributed by atoms with E-state index in [1.807, 2.05) is 12.1 Å². The third-order valence-electron chi connectivity index (χ3n) is 3.30. The summed E-state index contributed by atoms with van der Waals surface area (Å²) < 4.78 is 1.09. The largest absolute Gasteiger partial charge is 0.391 e. The Kier molecular flexibility index (Phi) is 5.01. The van der Waals surface area contributed by atoms with Crippen LogP contribution in [0, 0.1) is 0 Å². The topological polar surface area (TPSA) is 23.5 Å². The van der Waals surface area contributed by atoms with Crippen molar-refractivity contribution < 1.29 is 5.11 Å². The van der Waals surface area contributed by atoms with E-state index in [0.717, 1.165) is 30.5 Å². The molecule has 1 atom stereocenters. The van der Waals surface area contributed by atoms with E-state index in [9.17, 15) is 5.11 Å². The zero-order valence-corrected chi connectivity index (χ0v) is 11.7. The minimum atomic E-state index is -0.241. The van der Waals surface area contributed by atoms with Gasteiger partial charge in [-0.1, -0.05) is 34.5 Å². The average molecular weight is 298 g/mol. The van der Waals surface area contributed by atoms with Gasteiger partial charge in [0, 0.05) is 11.0 Å². The standard InChI is InChI=1S/C14H20BrNO/c15-13-6-4-12(5-7-13)10-14(17)11-16-8-2-1-3-9-16/h4-7,14,17H,1-3,8-11H2. The quantitative estimate of drug-likeness (QED) is 0.924. The lowest BCUT2D eigenvalue weighted by molar-refractivity contribution is 0.101. The van der Waals surface area contributed by atoms with Crippen molar-refractivity contribution in [3.63, 3.8) is 0 Å². The smallest absolute Gasteiger partial charge is 0.0707 e. The van der Waals surface area contributed by atoms with Gasteiger partial charge in [-0.25, -0.2) is 0 Å². The van der Waals surface area contributed by atoms with Gasteiger partial charge in [0.25, 0.3) is 0 Å². The van der Waals surface area contributed by atoms with Crippen LogP contribution in [0.2, 0.25) is 0 Å². The number of aliphatic hydroxyl groups is 1. The highest BCUT2D eigenvalue weighted by Crippen LogP contribution is 2.13. The normalized spacial score (nSPS) is 19.2. The van der Waals surface area contributed by atoms with E-state index < -0.39 is 0 Å². The van der Waals surface area contributed by atoms with Gasteiger partial charge in [0.15, 0.2) is 0 Å². The highest BCUT2D eigenvalue weighted by atomic mass is 79.9. The Morgan fingerprint density at radius 2 is 1.76 bits per heavy atom. The van der Waals surface area contributed by atoms with Crippen molar-refractivity contribution in [3.8, 4) is 0 Å².